The van der Waals surface area contributed by atoms with E-state index in [1.807, 2.05) is 0 Å². The number of hydrogen-bond donors (Lipinski definition) is 1. The van der Waals surface area contributed by atoms with Crippen LogP contribution in [0.2, 0.25) is 0 Å². The molecule has 0 amide bonds. The number of rotatable bonds is 18. The fourth-order valence-corrected chi connectivity index (χ4v) is 3.39. The van der Waals surface area contributed by atoms with Crippen LogP contribution >= 0.6 is 0 Å². The molecular formula is C20H39NaO7S. The Bertz CT molecular complexity index is 523. The van der Waals surface area contributed by atoms with Crippen molar-refractivity contribution < 1.29 is 32.0 Å². The number of carbonyl (C=O) groups excluding carboxylic acids is 2. The van der Waals surface area contributed by atoms with E-state index in [2.05, 4.69) is 13.8 Å². The van der Waals surface area contributed by atoms with E-state index < -0.39 is 33.7 Å². The molecule has 7 nitrogen and oxygen atoms in total. The Balaban J connectivity index is 0. The SMILES string of the molecule is CCCCCCCCOC(=O)CC(C(=O)OCCCCCCCC)S(=O)(=O)O.[NaH]. The fourth-order valence-electron chi connectivity index (χ4n) is 2.74. The van der Waals surface area contributed by atoms with Gasteiger partial charge in [0.1, 0.15) is 0 Å². The number of hydrogen-bond acceptors (Lipinski definition) is 6. The summed E-state index contributed by atoms with van der Waals surface area (Å²) >= 11 is 0. The van der Waals surface area contributed by atoms with Crippen molar-refractivity contribution in [2.24, 2.45) is 0 Å². The second kappa shape index (κ2) is 19.8. The average molecular weight is 447 g/mol. The first-order chi connectivity index (χ1) is 13.3. The van der Waals surface area contributed by atoms with Crippen molar-refractivity contribution in [3.05, 3.63) is 0 Å². The van der Waals surface area contributed by atoms with Gasteiger partial charge in [0, 0.05) is 0 Å². The van der Waals surface area contributed by atoms with Crippen molar-refractivity contribution in [2.45, 2.75) is 103 Å². The first-order valence-corrected chi connectivity index (χ1v) is 12.1. The minimum absolute atomic E-state index is 0. The summed E-state index contributed by atoms with van der Waals surface area (Å²) < 4.78 is 42.0. The monoisotopic (exact) mass is 446 g/mol. The second-order valence-corrected chi connectivity index (χ2v) is 8.73. The third-order valence-electron chi connectivity index (χ3n) is 4.48. The van der Waals surface area contributed by atoms with Gasteiger partial charge < -0.3 is 9.47 Å². The molecule has 0 aromatic heterocycles. The number of carbonyl (C=O) groups is 2. The Labute approximate surface area is 198 Å². The van der Waals surface area contributed by atoms with Crippen LogP contribution in [0.3, 0.4) is 0 Å². The zero-order valence-electron chi connectivity index (χ0n) is 17.5. The molecular weight excluding hydrogens is 407 g/mol. The zero-order valence-corrected chi connectivity index (χ0v) is 18.3. The zero-order chi connectivity index (χ0) is 21.3. The molecule has 0 bridgehead atoms. The van der Waals surface area contributed by atoms with E-state index in [-0.39, 0.29) is 42.8 Å². The second-order valence-electron chi connectivity index (χ2n) is 7.13. The molecule has 1 atom stereocenters. The predicted octanol–water partition coefficient (Wildman–Crippen LogP) is 3.79. The van der Waals surface area contributed by atoms with E-state index in [0.29, 0.717) is 12.8 Å². The van der Waals surface area contributed by atoms with Crippen molar-refractivity contribution in [1.82, 2.24) is 0 Å². The maximum absolute atomic E-state index is 12.0. The van der Waals surface area contributed by atoms with Gasteiger partial charge >= 0.3 is 41.5 Å². The summed E-state index contributed by atoms with van der Waals surface area (Å²) in [5.74, 6) is -1.93. The topological polar surface area (TPSA) is 107 Å². The van der Waals surface area contributed by atoms with Crippen molar-refractivity contribution in [3.8, 4) is 0 Å². The summed E-state index contributed by atoms with van der Waals surface area (Å²) in [6.45, 7) is 4.50. The van der Waals surface area contributed by atoms with Gasteiger partial charge in [-0.2, -0.15) is 8.42 Å². The maximum atomic E-state index is 12.0. The first-order valence-electron chi connectivity index (χ1n) is 10.6. The molecule has 0 aliphatic rings. The van der Waals surface area contributed by atoms with E-state index in [1.165, 1.54) is 6.42 Å². The third kappa shape index (κ3) is 18.3. The summed E-state index contributed by atoms with van der Waals surface area (Å²) in [4.78, 5) is 23.8. The predicted molar refractivity (Wildman–Crippen MR) is 116 cm³/mol. The number of ether oxygens (including phenoxy) is 2. The summed E-state index contributed by atoms with van der Waals surface area (Å²) in [6.07, 6.45) is 11.3. The molecule has 0 heterocycles. The Kier molecular flexibility index (Phi) is 21.2. The van der Waals surface area contributed by atoms with Gasteiger partial charge in [0.2, 0.25) is 0 Å². The standard InChI is InChI=1S/C20H38O7S.Na.H/c1-3-5-7-9-11-13-15-26-19(21)17-18(28(23,24)25)20(22)27-16-14-12-10-8-6-4-2;;/h18H,3-17H2,1-2H3,(H,23,24,25);;. The van der Waals surface area contributed by atoms with Gasteiger partial charge in [-0.15, -0.1) is 0 Å². The van der Waals surface area contributed by atoms with Crippen LogP contribution in [-0.2, 0) is 29.2 Å². The fraction of sp³-hybridized carbons (Fsp3) is 0.900. The van der Waals surface area contributed by atoms with Crippen LogP contribution in [0.5, 0.6) is 0 Å². The molecule has 0 aliphatic carbocycles. The molecule has 0 aromatic carbocycles. The summed E-state index contributed by atoms with van der Waals surface area (Å²) in [5, 5.41) is -1.93. The molecule has 1 N–H and O–H groups in total. The Morgan fingerprint density at radius 3 is 1.62 bits per heavy atom. The van der Waals surface area contributed by atoms with Crippen LogP contribution < -0.4 is 0 Å². The molecule has 29 heavy (non-hydrogen) atoms. The van der Waals surface area contributed by atoms with Gasteiger partial charge in [-0.1, -0.05) is 78.1 Å². The van der Waals surface area contributed by atoms with Gasteiger partial charge in [0.15, 0.2) is 5.25 Å². The van der Waals surface area contributed by atoms with Gasteiger partial charge in [-0.3, -0.25) is 14.1 Å². The van der Waals surface area contributed by atoms with Gasteiger partial charge in [-0.25, -0.2) is 0 Å². The molecule has 0 aromatic rings. The molecule has 0 radical (unpaired) electrons. The van der Waals surface area contributed by atoms with Crippen LogP contribution in [-0.4, -0.2) is 72.9 Å². The summed E-state index contributed by atoms with van der Waals surface area (Å²) in [5.41, 5.74) is 0. The minimum atomic E-state index is -4.73. The van der Waals surface area contributed by atoms with Crippen molar-refractivity contribution >= 4 is 51.6 Å². The Morgan fingerprint density at radius 1 is 0.759 bits per heavy atom. The first kappa shape index (κ1) is 31.0. The molecule has 1 unspecified atom stereocenters. The molecule has 0 aliphatic heterocycles. The van der Waals surface area contributed by atoms with Crippen LogP contribution in [0, 0.1) is 0 Å². The van der Waals surface area contributed by atoms with E-state index in [1.54, 1.807) is 0 Å². The van der Waals surface area contributed by atoms with Crippen LogP contribution in [0.1, 0.15) is 97.3 Å². The van der Waals surface area contributed by atoms with E-state index in [9.17, 15) is 22.6 Å². The summed E-state index contributed by atoms with van der Waals surface area (Å²) in [7, 11) is -4.73. The van der Waals surface area contributed by atoms with Gasteiger partial charge in [0.05, 0.1) is 19.6 Å². The average Bonchev–Trinajstić information content (AvgIpc) is 2.63. The van der Waals surface area contributed by atoms with Crippen molar-refractivity contribution in [1.29, 1.82) is 0 Å². The van der Waals surface area contributed by atoms with Crippen LogP contribution in [0.4, 0.5) is 0 Å². The molecule has 0 spiro atoms. The molecule has 168 valence electrons. The molecule has 0 saturated carbocycles. The molecule has 0 saturated heterocycles. The normalized spacial score (nSPS) is 12.1. The number of esters is 2. The van der Waals surface area contributed by atoms with Gasteiger partial charge in [0.25, 0.3) is 10.1 Å². The van der Waals surface area contributed by atoms with E-state index >= 15 is 0 Å². The molecule has 0 rings (SSSR count). The van der Waals surface area contributed by atoms with Crippen LogP contribution in [0.15, 0.2) is 0 Å². The summed E-state index contributed by atoms with van der Waals surface area (Å²) in [6, 6.07) is 0. The quantitative estimate of drug-likeness (QED) is 0.148. The Hall–Kier alpha value is -0.150. The number of unbranched alkanes of at least 4 members (excludes halogenated alkanes) is 10. The van der Waals surface area contributed by atoms with Crippen molar-refractivity contribution in [3.63, 3.8) is 0 Å². The molecule has 0 fully saturated rings. The Morgan fingerprint density at radius 2 is 1.17 bits per heavy atom. The molecule has 9 heteroatoms. The van der Waals surface area contributed by atoms with E-state index in [4.69, 9.17) is 9.47 Å². The van der Waals surface area contributed by atoms with E-state index in [0.717, 1.165) is 57.8 Å². The van der Waals surface area contributed by atoms with Crippen LogP contribution in [0.25, 0.3) is 0 Å². The van der Waals surface area contributed by atoms with Crippen molar-refractivity contribution in [2.75, 3.05) is 13.2 Å². The third-order valence-corrected chi connectivity index (χ3v) is 5.56. The van der Waals surface area contributed by atoms with Gasteiger partial charge in [-0.05, 0) is 12.8 Å².